The smallest absolute Gasteiger partial charge is 0.264 e. The number of benzene rings is 3. The normalized spacial score (nSPS) is 12.5. The average Bonchev–Trinajstić information content (AvgIpc) is 2.85. The van der Waals surface area contributed by atoms with Gasteiger partial charge in [-0.2, -0.15) is 0 Å². The van der Waals surface area contributed by atoms with Gasteiger partial charge >= 0.3 is 0 Å². The lowest BCUT2D eigenvalue weighted by molar-refractivity contribution is -0.140. The quantitative estimate of drug-likeness (QED) is 0.277. The largest absolute Gasteiger partial charge is 0.350 e. The van der Waals surface area contributed by atoms with E-state index in [0.29, 0.717) is 20.6 Å². The van der Waals surface area contributed by atoms with Crippen molar-refractivity contribution in [3.63, 3.8) is 0 Å². The molecule has 1 N–H and O–H groups in total. The van der Waals surface area contributed by atoms with Crippen molar-refractivity contribution in [1.82, 2.24) is 10.2 Å². The first-order valence-electron chi connectivity index (χ1n) is 12.2. The van der Waals surface area contributed by atoms with E-state index in [1.54, 1.807) is 31.2 Å². The van der Waals surface area contributed by atoms with E-state index in [9.17, 15) is 18.0 Å². The lowest BCUT2D eigenvalue weighted by atomic mass is 10.1. The summed E-state index contributed by atoms with van der Waals surface area (Å²) in [4.78, 5) is 28.3. The summed E-state index contributed by atoms with van der Waals surface area (Å²) in [6.45, 7) is 6.33. The maximum absolute atomic E-state index is 14.0. The third-order valence-corrected chi connectivity index (χ3v) is 8.66. The highest BCUT2D eigenvalue weighted by molar-refractivity contribution is 7.92. The summed E-state index contributed by atoms with van der Waals surface area (Å²) in [7, 11) is -4.25. The molecule has 0 bridgehead atoms. The predicted molar refractivity (Wildman–Crippen MR) is 162 cm³/mol. The first-order valence-corrected chi connectivity index (χ1v) is 15.1. The molecule has 1 atom stereocenters. The van der Waals surface area contributed by atoms with Crippen molar-refractivity contribution < 1.29 is 18.0 Å². The van der Waals surface area contributed by atoms with Crippen LogP contribution in [0.2, 0.25) is 20.1 Å². The average molecular weight is 645 g/mol. The van der Waals surface area contributed by atoms with E-state index in [2.05, 4.69) is 5.32 Å². The number of nitrogens with zero attached hydrogens (tertiary/aromatic N) is 2. The molecule has 0 aliphatic rings. The molecule has 0 aliphatic carbocycles. The maximum Gasteiger partial charge on any atom is 0.264 e. The van der Waals surface area contributed by atoms with Crippen molar-refractivity contribution in [2.24, 2.45) is 0 Å². The Bertz CT molecular complexity index is 1490. The molecule has 0 aromatic heterocycles. The number of halogens is 4. The Balaban J connectivity index is 2.06. The second kappa shape index (κ2) is 13.0. The van der Waals surface area contributed by atoms with E-state index < -0.39 is 40.0 Å². The van der Waals surface area contributed by atoms with Crippen LogP contribution in [-0.4, -0.2) is 43.3 Å². The van der Waals surface area contributed by atoms with Gasteiger partial charge in [-0.15, -0.1) is 0 Å². The molecule has 3 aromatic carbocycles. The summed E-state index contributed by atoms with van der Waals surface area (Å²) in [5, 5.41) is 4.21. The predicted octanol–water partition coefficient (Wildman–Crippen LogP) is 6.83. The van der Waals surface area contributed by atoms with Crippen LogP contribution in [0.3, 0.4) is 0 Å². The van der Waals surface area contributed by atoms with Crippen molar-refractivity contribution in [2.75, 3.05) is 10.8 Å². The Morgan fingerprint density at radius 3 is 2.05 bits per heavy atom. The fourth-order valence-electron chi connectivity index (χ4n) is 3.78. The summed E-state index contributed by atoms with van der Waals surface area (Å²) in [5.74, 6) is -1.05. The molecule has 40 heavy (non-hydrogen) atoms. The molecule has 0 unspecified atom stereocenters. The van der Waals surface area contributed by atoms with Gasteiger partial charge in [0, 0.05) is 32.2 Å². The molecule has 0 heterocycles. The number of anilines is 1. The number of hydrogen-bond donors (Lipinski definition) is 1. The van der Waals surface area contributed by atoms with Gasteiger partial charge in [0.1, 0.15) is 12.6 Å². The van der Waals surface area contributed by atoms with Gasteiger partial charge in [-0.25, -0.2) is 8.42 Å². The number of amides is 2. The molecular formula is C28H29Cl4N3O4S. The molecule has 3 rings (SSSR count). The molecule has 0 saturated heterocycles. The molecule has 12 heteroatoms. The van der Waals surface area contributed by atoms with Gasteiger partial charge < -0.3 is 10.2 Å². The molecule has 0 spiro atoms. The number of sulfonamides is 1. The fraction of sp³-hybridized carbons (Fsp3) is 0.286. The number of hydrogen-bond acceptors (Lipinski definition) is 4. The summed E-state index contributed by atoms with van der Waals surface area (Å²) in [6.07, 6.45) is 0. The van der Waals surface area contributed by atoms with Crippen molar-refractivity contribution in [3.8, 4) is 0 Å². The van der Waals surface area contributed by atoms with Crippen LogP contribution in [0.5, 0.6) is 0 Å². The van der Waals surface area contributed by atoms with Crippen molar-refractivity contribution in [3.05, 3.63) is 92.4 Å². The van der Waals surface area contributed by atoms with E-state index in [4.69, 9.17) is 46.4 Å². The minimum absolute atomic E-state index is 0.0715. The van der Waals surface area contributed by atoms with Crippen molar-refractivity contribution in [1.29, 1.82) is 0 Å². The van der Waals surface area contributed by atoms with Crippen LogP contribution in [0.1, 0.15) is 33.3 Å². The van der Waals surface area contributed by atoms with Gasteiger partial charge in [-0.3, -0.25) is 13.9 Å². The van der Waals surface area contributed by atoms with Gasteiger partial charge in [0.25, 0.3) is 10.0 Å². The minimum atomic E-state index is -4.25. The standard InChI is InChI=1S/C28H29Cl4N3O4S/c1-18(27(37)33-28(2,3)4)34(16-19-8-9-22(31)15-25(19)32)26(36)17-35(23-7-5-6-21(30)14-23)40(38,39)24-12-10-20(29)11-13-24/h5-15,18H,16-17H2,1-4H3,(H,33,37)/t18-/m0/s1. The van der Waals surface area contributed by atoms with Gasteiger partial charge in [0.2, 0.25) is 11.8 Å². The second-order valence-corrected chi connectivity index (χ2v) is 13.7. The molecule has 214 valence electrons. The highest BCUT2D eigenvalue weighted by Gasteiger charge is 2.33. The first kappa shape index (κ1) is 32.0. The summed E-state index contributed by atoms with van der Waals surface area (Å²) in [6, 6.07) is 15.6. The maximum atomic E-state index is 14.0. The SMILES string of the molecule is C[C@@H](C(=O)NC(C)(C)C)N(Cc1ccc(Cl)cc1Cl)C(=O)CN(c1cccc(Cl)c1)S(=O)(=O)c1ccc(Cl)cc1. The lowest BCUT2D eigenvalue weighted by Crippen LogP contribution is -2.54. The van der Waals surface area contributed by atoms with Gasteiger partial charge in [-0.1, -0.05) is 58.5 Å². The van der Waals surface area contributed by atoms with Gasteiger partial charge in [0.05, 0.1) is 10.6 Å². The number of carbonyl (C=O) groups excluding carboxylic acids is 2. The van der Waals surface area contributed by atoms with Gasteiger partial charge in [-0.05, 0) is 87.9 Å². The van der Waals surface area contributed by atoms with Crippen LogP contribution in [0.25, 0.3) is 0 Å². The van der Waals surface area contributed by atoms with Crippen molar-refractivity contribution >= 4 is 73.9 Å². The Hall–Kier alpha value is -2.49. The molecule has 7 nitrogen and oxygen atoms in total. The molecule has 0 fully saturated rings. The van der Waals surface area contributed by atoms with Crippen molar-refractivity contribution in [2.45, 2.75) is 50.7 Å². The van der Waals surface area contributed by atoms with E-state index in [1.807, 2.05) is 20.8 Å². The zero-order valence-corrected chi connectivity index (χ0v) is 26.1. The summed E-state index contributed by atoms with van der Waals surface area (Å²) >= 11 is 24.6. The Morgan fingerprint density at radius 1 is 0.875 bits per heavy atom. The first-order chi connectivity index (χ1) is 18.6. The van der Waals surface area contributed by atoms with Crippen LogP contribution < -0.4 is 9.62 Å². The molecule has 0 radical (unpaired) electrons. The summed E-state index contributed by atoms with van der Waals surface area (Å²) < 4.78 is 28.6. The Morgan fingerprint density at radius 2 is 1.48 bits per heavy atom. The minimum Gasteiger partial charge on any atom is -0.350 e. The van der Waals surface area contributed by atoms with Crippen LogP contribution >= 0.6 is 46.4 Å². The third-order valence-electron chi connectivity index (χ3n) is 5.80. The van der Waals surface area contributed by atoms with Gasteiger partial charge in [0.15, 0.2) is 0 Å². The fourth-order valence-corrected chi connectivity index (χ4v) is 5.97. The third kappa shape index (κ3) is 8.27. The van der Waals surface area contributed by atoms with E-state index in [0.717, 1.165) is 4.31 Å². The van der Waals surface area contributed by atoms with E-state index in [1.165, 1.54) is 47.4 Å². The lowest BCUT2D eigenvalue weighted by Gasteiger charge is -2.33. The molecule has 2 amide bonds. The van der Waals surface area contributed by atoms with Crippen LogP contribution in [0.15, 0.2) is 71.6 Å². The molecule has 3 aromatic rings. The zero-order chi connectivity index (χ0) is 29.8. The zero-order valence-electron chi connectivity index (χ0n) is 22.3. The molecule has 0 saturated carbocycles. The number of carbonyl (C=O) groups is 2. The number of nitrogens with one attached hydrogen (secondary N) is 1. The Kier molecular flexibility index (Phi) is 10.4. The molecular weight excluding hydrogens is 616 g/mol. The van der Waals surface area contributed by atoms with Crippen LogP contribution in [0, 0.1) is 0 Å². The topological polar surface area (TPSA) is 86.8 Å². The number of rotatable bonds is 9. The van der Waals surface area contributed by atoms with Crippen LogP contribution in [-0.2, 0) is 26.2 Å². The van der Waals surface area contributed by atoms with Crippen LogP contribution in [0.4, 0.5) is 5.69 Å². The van der Waals surface area contributed by atoms with E-state index in [-0.39, 0.29) is 22.2 Å². The summed E-state index contributed by atoms with van der Waals surface area (Å²) in [5.41, 5.74) is 0.139. The highest BCUT2D eigenvalue weighted by Crippen LogP contribution is 2.28. The Labute approximate surface area is 255 Å². The highest BCUT2D eigenvalue weighted by atomic mass is 35.5. The molecule has 0 aliphatic heterocycles. The monoisotopic (exact) mass is 643 g/mol. The van der Waals surface area contributed by atoms with E-state index >= 15 is 0 Å². The second-order valence-electron chi connectivity index (χ2n) is 10.1.